The average molecular weight is 616 g/mol. The number of phenols is 1. The molecule has 0 unspecified atom stereocenters. The van der Waals surface area contributed by atoms with Crippen molar-refractivity contribution in [2.45, 2.75) is 6.61 Å². The van der Waals surface area contributed by atoms with Crippen LogP contribution in [0.3, 0.4) is 0 Å². The second kappa shape index (κ2) is 11.4. The Balaban J connectivity index is 1.73. The molecule has 34 heavy (non-hydrogen) atoms. The molecule has 0 fully saturated rings. The second-order valence-corrected chi connectivity index (χ2v) is 8.72. The summed E-state index contributed by atoms with van der Waals surface area (Å²) in [6.45, 7) is 0.193. The number of non-ortho nitro benzene ring substituents is 1. The summed E-state index contributed by atoms with van der Waals surface area (Å²) in [6.07, 6.45) is 1.36. The zero-order chi connectivity index (χ0) is 24.8. The highest BCUT2D eigenvalue weighted by atomic mass is 127. The lowest BCUT2D eigenvalue weighted by atomic mass is 10.1. The number of hydrogen-bond donors (Lipinski definition) is 2. The van der Waals surface area contributed by atoms with E-state index < -0.39 is 16.6 Å². The van der Waals surface area contributed by atoms with Gasteiger partial charge in [-0.25, -0.2) is 5.43 Å². The molecule has 0 heterocycles. The number of methoxy groups -OCH3 is 1. The van der Waals surface area contributed by atoms with Crippen LogP contribution >= 0.6 is 45.8 Å². The molecule has 12 heteroatoms. The minimum absolute atomic E-state index is 0.193. The molecule has 0 atom stereocenters. The first-order chi connectivity index (χ1) is 16.2. The predicted octanol–water partition coefficient (Wildman–Crippen LogP) is 5.56. The zero-order valence-corrected chi connectivity index (χ0v) is 21.1. The van der Waals surface area contributed by atoms with Crippen molar-refractivity contribution in [3.8, 4) is 17.2 Å². The lowest BCUT2D eigenvalue weighted by Gasteiger charge is -2.14. The first kappa shape index (κ1) is 25.5. The summed E-state index contributed by atoms with van der Waals surface area (Å²) in [7, 11) is 1.49. The van der Waals surface area contributed by atoms with Gasteiger partial charge in [0.2, 0.25) is 0 Å². The number of carbonyl (C=O) groups is 1. The largest absolute Gasteiger partial charge is 0.507 e. The van der Waals surface area contributed by atoms with Gasteiger partial charge in [0.15, 0.2) is 11.5 Å². The minimum atomic E-state index is -0.807. The summed E-state index contributed by atoms with van der Waals surface area (Å²) < 4.78 is 12.0. The molecule has 0 saturated carbocycles. The Morgan fingerprint density at radius 1 is 1.24 bits per heavy atom. The van der Waals surface area contributed by atoms with Gasteiger partial charge in [-0.3, -0.25) is 14.9 Å². The molecule has 1 amide bonds. The van der Waals surface area contributed by atoms with Crippen LogP contribution in [0.25, 0.3) is 0 Å². The summed E-state index contributed by atoms with van der Waals surface area (Å²) in [6, 6.07) is 11.6. The third kappa shape index (κ3) is 6.27. The number of halogens is 3. The second-order valence-electron chi connectivity index (χ2n) is 6.72. The number of ether oxygens (including phenoxy) is 2. The number of phenolic OH excluding ortho intramolecular Hbond substituents is 1. The summed E-state index contributed by atoms with van der Waals surface area (Å²) in [5, 5.41) is 25.6. The number of benzene rings is 3. The third-order valence-corrected chi connectivity index (χ3v) is 5.84. The quantitative estimate of drug-likeness (QED) is 0.148. The van der Waals surface area contributed by atoms with Crippen molar-refractivity contribution in [2.75, 3.05) is 7.11 Å². The van der Waals surface area contributed by atoms with E-state index >= 15 is 0 Å². The number of hydrogen-bond acceptors (Lipinski definition) is 7. The molecule has 0 bridgehead atoms. The van der Waals surface area contributed by atoms with Gasteiger partial charge in [0, 0.05) is 27.7 Å². The van der Waals surface area contributed by atoms with Gasteiger partial charge in [-0.1, -0.05) is 29.3 Å². The molecule has 0 radical (unpaired) electrons. The van der Waals surface area contributed by atoms with Gasteiger partial charge >= 0.3 is 0 Å². The molecule has 3 aromatic carbocycles. The monoisotopic (exact) mass is 615 g/mol. The maximum absolute atomic E-state index is 12.3. The molecule has 0 aliphatic heterocycles. The SMILES string of the molecule is COc1cc(/C=N\NC(=O)c2cc([N+](=O)[O-])ccc2O)cc(I)c1OCc1ccc(Cl)cc1Cl. The number of hydrazone groups is 1. The van der Waals surface area contributed by atoms with Gasteiger partial charge in [0.05, 0.1) is 27.4 Å². The highest BCUT2D eigenvalue weighted by Gasteiger charge is 2.16. The third-order valence-electron chi connectivity index (χ3n) is 4.45. The molecule has 3 aromatic rings. The molecule has 3 rings (SSSR count). The van der Waals surface area contributed by atoms with E-state index in [2.05, 4.69) is 33.1 Å². The van der Waals surface area contributed by atoms with E-state index in [1.165, 1.54) is 13.3 Å². The zero-order valence-electron chi connectivity index (χ0n) is 17.4. The first-order valence-electron chi connectivity index (χ1n) is 9.44. The van der Waals surface area contributed by atoms with Crippen molar-refractivity contribution in [3.05, 3.63) is 89.0 Å². The number of nitrogens with one attached hydrogen (secondary N) is 1. The molecule has 0 aromatic heterocycles. The highest BCUT2D eigenvalue weighted by molar-refractivity contribution is 14.1. The maximum Gasteiger partial charge on any atom is 0.275 e. The molecular formula is C22H16Cl2IN3O6. The van der Waals surface area contributed by atoms with Crippen molar-refractivity contribution < 1.29 is 24.3 Å². The number of nitro benzene ring substituents is 1. The molecule has 9 nitrogen and oxygen atoms in total. The van der Waals surface area contributed by atoms with E-state index in [4.69, 9.17) is 32.7 Å². The van der Waals surface area contributed by atoms with E-state index in [0.717, 1.165) is 23.8 Å². The number of nitrogens with zero attached hydrogens (tertiary/aromatic N) is 2. The van der Waals surface area contributed by atoms with Crippen LogP contribution in [0.4, 0.5) is 5.69 Å². The van der Waals surface area contributed by atoms with Gasteiger partial charge in [-0.15, -0.1) is 0 Å². The van der Waals surface area contributed by atoms with E-state index in [0.29, 0.717) is 30.7 Å². The summed E-state index contributed by atoms with van der Waals surface area (Å²) in [5.41, 5.74) is 2.96. The topological polar surface area (TPSA) is 123 Å². The fourth-order valence-electron chi connectivity index (χ4n) is 2.79. The normalized spacial score (nSPS) is 10.8. The molecule has 0 aliphatic rings. The van der Waals surface area contributed by atoms with Crippen LogP contribution in [0.15, 0.2) is 53.6 Å². The number of rotatable bonds is 8. The molecule has 0 spiro atoms. The number of nitro groups is 1. The Morgan fingerprint density at radius 2 is 2.00 bits per heavy atom. The lowest BCUT2D eigenvalue weighted by Crippen LogP contribution is -2.18. The molecular weight excluding hydrogens is 600 g/mol. The average Bonchev–Trinajstić information content (AvgIpc) is 2.79. The number of aromatic hydroxyl groups is 1. The fourth-order valence-corrected chi connectivity index (χ4v) is 4.03. The minimum Gasteiger partial charge on any atom is -0.507 e. The Morgan fingerprint density at radius 3 is 2.68 bits per heavy atom. The van der Waals surface area contributed by atoms with Gasteiger partial charge in [-0.05, 0) is 58.5 Å². The van der Waals surface area contributed by atoms with Crippen molar-refractivity contribution in [2.24, 2.45) is 5.10 Å². The molecule has 0 aliphatic carbocycles. The van der Waals surface area contributed by atoms with E-state index in [1.54, 1.807) is 30.3 Å². The summed E-state index contributed by atoms with van der Waals surface area (Å²) in [4.78, 5) is 22.5. The van der Waals surface area contributed by atoms with E-state index in [-0.39, 0.29) is 17.9 Å². The van der Waals surface area contributed by atoms with Crippen LogP contribution in [0, 0.1) is 13.7 Å². The Kier molecular flexibility index (Phi) is 8.53. The Bertz CT molecular complexity index is 1290. The van der Waals surface area contributed by atoms with Gasteiger partial charge in [-0.2, -0.15) is 5.10 Å². The number of carbonyl (C=O) groups excluding carboxylic acids is 1. The Hall–Kier alpha value is -3.09. The van der Waals surface area contributed by atoms with Crippen LogP contribution in [-0.4, -0.2) is 29.3 Å². The molecule has 0 saturated heterocycles. The van der Waals surface area contributed by atoms with Crippen molar-refractivity contribution in [1.82, 2.24) is 5.43 Å². The Labute approximate surface area is 217 Å². The van der Waals surface area contributed by atoms with Crippen LogP contribution in [0.2, 0.25) is 10.0 Å². The van der Waals surface area contributed by atoms with Crippen molar-refractivity contribution in [1.29, 1.82) is 0 Å². The predicted molar refractivity (Wildman–Crippen MR) is 136 cm³/mol. The first-order valence-corrected chi connectivity index (χ1v) is 11.3. The van der Waals surface area contributed by atoms with Crippen molar-refractivity contribution >= 4 is 63.6 Å². The van der Waals surface area contributed by atoms with Crippen molar-refractivity contribution in [3.63, 3.8) is 0 Å². The van der Waals surface area contributed by atoms with Gasteiger partial charge < -0.3 is 14.6 Å². The standard InChI is InChI=1S/C22H16Cl2IN3O6/c1-33-20-7-12(6-18(25)21(20)34-11-13-2-3-14(23)8-17(13)24)10-26-27-22(30)16-9-15(28(31)32)4-5-19(16)29/h2-10,29H,11H2,1H3,(H,27,30)/b26-10-. The molecule has 2 N–H and O–H groups in total. The summed E-state index contributed by atoms with van der Waals surface area (Å²) >= 11 is 14.2. The highest BCUT2D eigenvalue weighted by Crippen LogP contribution is 2.35. The van der Waals surface area contributed by atoms with Crippen LogP contribution in [0.1, 0.15) is 21.5 Å². The fraction of sp³-hybridized carbons (Fsp3) is 0.0909. The van der Waals surface area contributed by atoms with Crippen LogP contribution in [0.5, 0.6) is 17.2 Å². The number of amides is 1. The van der Waals surface area contributed by atoms with Gasteiger partial charge in [0.25, 0.3) is 11.6 Å². The summed E-state index contributed by atoms with van der Waals surface area (Å²) in [5.74, 6) is -0.284. The smallest absolute Gasteiger partial charge is 0.275 e. The van der Waals surface area contributed by atoms with E-state index in [1.807, 2.05) is 0 Å². The molecule has 176 valence electrons. The van der Waals surface area contributed by atoms with Gasteiger partial charge in [0.1, 0.15) is 12.4 Å². The maximum atomic E-state index is 12.3. The van der Waals surface area contributed by atoms with Crippen LogP contribution < -0.4 is 14.9 Å². The van der Waals surface area contributed by atoms with E-state index in [9.17, 15) is 20.0 Å². The van der Waals surface area contributed by atoms with Crippen LogP contribution in [-0.2, 0) is 6.61 Å². The lowest BCUT2D eigenvalue weighted by molar-refractivity contribution is -0.384.